The van der Waals surface area contributed by atoms with Gasteiger partial charge < -0.3 is 39.6 Å². The van der Waals surface area contributed by atoms with Gasteiger partial charge in [-0.1, -0.05) is 35.9 Å². The number of hydrogen-bond donors (Lipinski definition) is 4. The quantitative estimate of drug-likeness (QED) is 0.0922. The second-order valence-corrected chi connectivity index (χ2v) is 18.0. The Bertz CT molecular complexity index is 3130. The molecule has 2 saturated heterocycles. The Labute approximate surface area is 396 Å². The molecule has 0 bridgehead atoms. The van der Waals surface area contributed by atoms with E-state index in [0.717, 1.165) is 44.2 Å². The second kappa shape index (κ2) is 19.1. The molecule has 5 heterocycles. The summed E-state index contributed by atoms with van der Waals surface area (Å²) in [6.45, 7) is 8.89. The van der Waals surface area contributed by atoms with Gasteiger partial charge in [0.1, 0.15) is 41.4 Å². The fourth-order valence-electron chi connectivity index (χ4n) is 9.89. The Hall–Kier alpha value is -6.82. The molecule has 68 heavy (non-hydrogen) atoms. The lowest BCUT2D eigenvalue weighted by Crippen LogP contribution is -2.55. The van der Waals surface area contributed by atoms with Crippen molar-refractivity contribution in [1.82, 2.24) is 44.3 Å². The molecule has 2 aliphatic heterocycles. The van der Waals surface area contributed by atoms with Gasteiger partial charge in [0, 0.05) is 80.3 Å². The average molecular weight is 946 g/mol. The third kappa shape index (κ3) is 8.88. The Morgan fingerprint density at radius 1 is 0.956 bits per heavy atom. The first-order valence-electron chi connectivity index (χ1n) is 22.8. The van der Waals surface area contributed by atoms with E-state index in [1.807, 2.05) is 66.8 Å². The van der Waals surface area contributed by atoms with Crippen LogP contribution in [0.15, 0.2) is 66.7 Å². The van der Waals surface area contributed by atoms with Crippen molar-refractivity contribution in [3.8, 4) is 16.9 Å². The highest BCUT2D eigenvalue weighted by Gasteiger charge is 2.31. The monoisotopic (exact) mass is 945 g/mol. The molecule has 354 valence electrons. The van der Waals surface area contributed by atoms with E-state index in [0.29, 0.717) is 104 Å². The second-order valence-electron chi connectivity index (χ2n) is 17.6. The Kier molecular flexibility index (Phi) is 13.0. The van der Waals surface area contributed by atoms with Crippen molar-refractivity contribution in [1.29, 1.82) is 0 Å². The van der Waals surface area contributed by atoms with Crippen LogP contribution >= 0.6 is 11.6 Å². The van der Waals surface area contributed by atoms with Crippen LogP contribution in [0, 0.1) is 26.6 Å². The lowest BCUT2D eigenvalue weighted by molar-refractivity contribution is -0.133. The number of carboxylic acids is 1. The van der Waals surface area contributed by atoms with Crippen LogP contribution in [0.1, 0.15) is 62.9 Å². The number of benzene rings is 4. The first-order valence-corrected chi connectivity index (χ1v) is 23.2. The van der Waals surface area contributed by atoms with E-state index in [4.69, 9.17) is 16.3 Å². The van der Waals surface area contributed by atoms with Gasteiger partial charge in [-0.25, -0.2) is 14.2 Å². The highest BCUT2D eigenvalue weighted by Crippen LogP contribution is 2.42. The highest BCUT2D eigenvalue weighted by atomic mass is 35.5. The lowest BCUT2D eigenvalue weighted by atomic mass is 9.98. The van der Waals surface area contributed by atoms with Crippen LogP contribution < -0.4 is 15.4 Å². The van der Waals surface area contributed by atoms with Gasteiger partial charge in [0.25, 0.3) is 5.91 Å². The predicted molar refractivity (Wildman–Crippen MR) is 255 cm³/mol. The SMILES string of the molecule is Cc1nn(C)c(C)c1-c1c(Cl)ccc2c(CCCOc3cccc4cc(F)ccc34)c(C(=O)O)n(CCN3CCN(C(=O)Cn4c(C)nc5c(C(=O)NC6CCC(=O)NC6O)cccc54)CC3)c12. The molecule has 7 aromatic rings. The fraction of sp³-hybridized carbons (Fsp3) is 0.360. The van der Waals surface area contributed by atoms with Crippen LogP contribution in [-0.2, 0) is 36.1 Å². The number of aromatic carboxylic acids is 1. The zero-order valence-electron chi connectivity index (χ0n) is 38.3. The summed E-state index contributed by atoms with van der Waals surface area (Å²) in [5, 5.41) is 34.0. The minimum Gasteiger partial charge on any atom is -0.493 e. The molecule has 0 spiro atoms. The molecule has 4 N–H and O–H groups in total. The van der Waals surface area contributed by atoms with E-state index < -0.39 is 24.1 Å². The minimum atomic E-state index is -1.20. The molecule has 2 fully saturated rings. The highest BCUT2D eigenvalue weighted by molar-refractivity contribution is 6.35. The number of piperazine rings is 1. The van der Waals surface area contributed by atoms with Gasteiger partial charge in [0.05, 0.1) is 40.0 Å². The van der Waals surface area contributed by atoms with Crippen molar-refractivity contribution in [3.05, 3.63) is 112 Å². The summed E-state index contributed by atoms with van der Waals surface area (Å²) in [6.07, 6.45) is 0.209. The number of ether oxygens (including phenoxy) is 1. The van der Waals surface area contributed by atoms with Crippen molar-refractivity contribution in [3.63, 3.8) is 0 Å². The number of aryl methyl sites for hydroxylation is 4. The summed E-state index contributed by atoms with van der Waals surface area (Å²) in [4.78, 5) is 61.1. The van der Waals surface area contributed by atoms with Gasteiger partial charge in [0.2, 0.25) is 11.8 Å². The van der Waals surface area contributed by atoms with Crippen molar-refractivity contribution < 1.29 is 38.5 Å². The zero-order valence-corrected chi connectivity index (χ0v) is 39.1. The number of carboxylic acid groups (broad SMARTS) is 1. The Morgan fingerprint density at radius 3 is 2.46 bits per heavy atom. The van der Waals surface area contributed by atoms with Gasteiger partial charge in [-0.15, -0.1) is 0 Å². The van der Waals surface area contributed by atoms with Crippen molar-refractivity contribution in [2.75, 3.05) is 39.3 Å². The summed E-state index contributed by atoms with van der Waals surface area (Å²) >= 11 is 7.08. The largest absolute Gasteiger partial charge is 0.493 e. The number of aliphatic hydroxyl groups excluding tert-OH is 1. The molecule has 2 aliphatic rings. The molecule has 2 unspecified atom stereocenters. The normalized spacial score (nSPS) is 16.8. The molecule has 3 amide bonds. The maximum atomic E-state index is 14.0. The zero-order chi connectivity index (χ0) is 48.0. The van der Waals surface area contributed by atoms with Crippen LogP contribution in [0.5, 0.6) is 5.75 Å². The molecule has 16 nitrogen and oxygen atoms in total. The molecule has 0 aliphatic carbocycles. The molecular weight excluding hydrogens is 893 g/mol. The maximum absolute atomic E-state index is 14.0. The van der Waals surface area contributed by atoms with Crippen LogP contribution in [0.3, 0.4) is 0 Å². The number of piperidine rings is 1. The van der Waals surface area contributed by atoms with Crippen LogP contribution in [0.25, 0.3) is 43.8 Å². The smallest absolute Gasteiger partial charge is 0.352 e. The first-order chi connectivity index (χ1) is 32.7. The number of rotatable bonds is 14. The molecule has 0 saturated carbocycles. The maximum Gasteiger partial charge on any atom is 0.352 e. The lowest BCUT2D eigenvalue weighted by Gasteiger charge is -2.35. The summed E-state index contributed by atoms with van der Waals surface area (Å²) in [6, 6.07) is 18.3. The number of fused-ring (bicyclic) bond motifs is 3. The summed E-state index contributed by atoms with van der Waals surface area (Å²) in [7, 11) is 1.87. The van der Waals surface area contributed by atoms with E-state index in [1.54, 1.807) is 34.4 Å². The number of carbonyl (C=O) groups is 4. The molecule has 4 aromatic carbocycles. The van der Waals surface area contributed by atoms with Crippen molar-refractivity contribution >= 4 is 68.0 Å². The van der Waals surface area contributed by atoms with E-state index >= 15 is 0 Å². The number of carbonyl (C=O) groups excluding carboxylic acids is 3. The van der Waals surface area contributed by atoms with Gasteiger partial charge in [-0.3, -0.25) is 24.0 Å². The van der Waals surface area contributed by atoms with Crippen LogP contribution in [0.2, 0.25) is 5.02 Å². The first kappa shape index (κ1) is 46.3. The molecule has 2 atom stereocenters. The molecule has 3 aromatic heterocycles. The van der Waals surface area contributed by atoms with Gasteiger partial charge >= 0.3 is 5.97 Å². The van der Waals surface area contributed by atoms with E-state index in [1.165, 1.54) is 12.1 Å². The summed E-state index contributed by atoms with van der Waals surface area (Å²) in [5.74, 6) is -1.01. The molecule has 9 rings (SSSR count). The van der Waals surface area contributed by atoms with E-state index in [2.05, 4.69) is 25.6 Å². The number of hydrogen-bond acceptors (Lipinski definition) is 9. The standard InChI is InChI=1S/C50H53ClFN9O7/c1-28-43(29(2)57(4)56-28)44-37(51)16-15-35-34(10-7-25-68-40-12-5-8-31-26-32(52)13-14-33(31)40)47(50(66)67)60(46(35)44)24-21-58-19-22-59(23-20-58)42(63)27-61-30(3)53-45-36(9-6-11-39(45)61)48(64)54-38-17-18-41(62)55-49(38)65/h5-6,8-9,11-16,26,38,49,65H,7,10,17-25,27H2,1-4H3,(H,54,64)(H,55,62)(H,66,67). The van der Waals surface area contributed by atoms with Gasteiger partial charge in [0.15, 0.2) is 0 Å². The number of imidazole rings is 1. The third-order valence-electron chi connectivity index (χ3n) is 13.4. The van der Waals surface area contributed by atoms with Gasteiger partial charge in [-0.2, -0.15) is 5.10 Å². The summed E-state index contributed by atoms with van der Waals surface area (Å²) < 4.78 is 25.7. The molecule has 18 heteroatoms. The molecular formula is C50H53ClFN9O7. The van der Waals surface area contributed by atoms with Crippen molar-refractivity contribution in [2.45, 2.75) is 71.8 Å². The van der Waals surface area contributed by atoms with Gasteiger partial charge in [-0.05, 0) is 93.4 Å². The Morgan fingerprint density at radius 2 is 1.72 bits per heavy atom. The van der Waals surface area contributed by atoms with Crippen molar-refractivity contribution in [2.24, 2.45) is 7.05 Å². The fourth-order valence-corrected chi connectivity index (χ4v) is 10.1. The topological polar surface area (TPSA) is 189 Å². The van der Waals surface area contributed by atoms with E-state index in [9.17, 15) is 33.8 Å². The predicted octanol–water partition coefficient (Wildman–Crippen LogP) is 6.14. The number of amides is 3. The van der Waals surface area contributed by atoms with Crippen LogP contribution in [0.4, 0.5) is 4.39 Å². The summed E-state index contributed by atoms with van der Waals surface area (Å²) in [5.41, 5.74) is 6.18. The number of nitrogens with zero attached hydrogens (tertiary/aromatic N) is 7. The number of nitrogens with one attached hydrogen (secondary N) is 2. The minimum absolute atomic E-state index is 0.0184. The average Bonchev–Trinajstić information content (AvgIpc) is 3.90. The third-order valence-corrected chi connectivity index (χ3v) is 13.7. The molecule has 0 radical (unpaired) electrons. The number of para-hydroxylation sites is 1. The van der Waals surface area contributed by atoms with E-state index in [-0.39, 0.29) is 36.3 Å². The number of aromatic nitrogens is 5. The number of aliphatic hydroxyl groups is 1. The Balaban J connectivity index is 0.916. The number of halogens is 2. The van der Waals surface area contributed by atoms with Crippen LogP contribution in [-0.4, -0.2) is 119 Å².